The molecule has 2 aromatic rings. The summed E-state index contributed by atoms with van der Waals surface area (Å²) in [6.45, 7) is 12.3. The minimum atomic E-state index is -2.57. The standard InChI is InChI=1S/C37H52F3N5O3/c1-5-6-7-29-25-43(24-28-12-14-37(39,40)15-13-28)34(47)48-36(29)18-22-44(23-19-36)35(4)16-20-42(21-17-35)33(46)32-26(2)41-45(27(32)3)31-10-8-30(38)9-11-31/h8-11,28-29H,5-7,12-25H2,1-4H3. The van der Waals surface area contributed by atoms with E-state index in [0.717, 1.165) is 69.4 Å². The number of benzene rings is 1. The fourth-order valence-corrected chi connectivity index (χ4v) is 8.76. The normalized spacial score (nSPS) is 24.6. The first kappa shape index (κ1) is 34.8. The van der Waals surface area contributed by atoms with Gasteiger partial charge in [-0.1, -0.05) is 19.8 Å². The molecule has 2 amide bonds. The van der Waals surface area contributed by atoms with Crippen molar-refractivity contribution in [1.82, 2.24) is 24.5 Å². The first-order valence-corrected chi connectivity index (χ1v) is 18.1. The lowest BCUT2D eigenvalue weighted by Crippen LogP contribution is -2.64. The zero-order chi connectivity index (χ0) is 34.3. The predicted octanol–water partition coefficient (Wildman–Crippen LogP) is 7.54. The predicted molar refractivity (Wildman–Crippen MR) is 178 cm³/mol. The van der Waals surface area contributed by atoms with Crippen molar-refractivity contribution in [3.63, 3.8) is 0 Å². The van der Waals surface area contributed by atoms with Crippen LogP contribution in [0.4, 0.5) is 18.0 Å². The number of alkyl halides is 2. The summed E-state index contributed by atoms with van der Waals surface area (Å²) in [5.74, 6) is -2.56. The van der Waals surface area contributed by atoms with Crippen molar-refractivity contribution < 1.29 is 27.5 Å². The Morgan fingerprint density at radius 2 is 1.62 bits per heavy atom. The van der Waals surface area contributed by atoms with Gasteiger partial charge in [-0.25, -0.2) is 22.6 Å². The van der Waals surface area contributed by atoms with Gasteiger partial charge in [0, 0.05) is 76.4 Å². The van der Waals surface area contributed by atoms with Gasteiger partial charge in [0.2, 0.25) is 5.92 Å². The summed E-state index contributed by atoms with van der Waals surface area (Å²) in [5, 5.41) is 4.61. The van der Waals surface area contributed by atoms with Gasteiger partial charge in [0.25, 0.3) is 5.91 Å². The smallest absolute Gasteiger partial charge is 0.410 e. The average Bonchev–Trinajstić information content (AvgIpc) is 3.36. The number of aryl methyl sites for hydroxylation is 1. The third-order valence-electron chi connectivity index (χ3n) is 12.0. The molecule has 3 aliphatic heterocycles. The Bertz CT molecular complexity index is 1450. The highest BCUT2D eigenvalue weighted by Crippen LogP contribution is 2.44. The van der Waals surface area contributed by atoms with Crippen molar-refractivity contribution in [1.29, 1.82) is 0 Å². The zero-order valence-corrected chi connectivity index (χ0v) is 29.1. The second kappa shape index (κ2) is 13.7. The molecule has 3 saturated heterocycles. The topological polar surface area (TPSA) is 70.9 Å². The van der Waals surface area contributed by atoms with E-state index in [1.165, 1.54) is 12.1 Å². The van der Waals surface area contributed by atoms with Gasteiger partial charge in [-0.2, -0.15) is 5.10 Å². The van der Waals surface area contributed by atoms with Crippen LogP contribution in [0.3, 0.4) is 0 Å². The molecule has 6 rings (SSSR count). The van der Waals surface area contributed by atoms with E-state index >= 15 is 0 Å². The number of halogens is 3. The van der Waals surface area contributed by atoms with E-state index in [0.29, 0.717) is 50.3 Å². The molecule has 11 heteroatoms. The maximum atomic E-state index is 13.8. The highest BCUT2D eigenvalue weighted by atomic mass is 19.3. The molecule has 264 valence electrons. The monoisotopic (exact) mass is 671 g/mol. The van der Waals surface area contributed by atoms with Crippen molar-refractivity contribution in [2.24, 2.45) is 11.8 Å². The Hall–Kier alpha value is -3.08. The van der Waals surface area contributed by atoms with Gasteiger partial charge in [0.15, 0.2) is 0 Å². The highest BCUT2D eigenvalue weighted by Gasteiger charge is 2.52. The highest BCUT2D eigenvalue weighted by molar-refractivity contribution is 5.96. The van der Waals surface area contributed by atoms with Crippen LogP contribution in [0.15, 0.2) is 24.3 Å². The number of hydrogen-bond acceptors (Lipinski definition) is 5. The van der Waals surface area contributed by atoms with Gasteiger partial charge in [0.05, 0.1) is 22.6 Å². The summed E-state index contributed by atoms with van der Waals surface area (Å²) < 4.78 is 49.1. The van der Waals surface area contributed by atoms with Crippen molar-refractivity contribution in [2.75, 3.05) is 39.3 Å². The summed E-state index contributed by atoms with van der Waals surface area (Å²) in [4.78, 5) is 33.4. The van der Waals surface area contributed by atoms with Crippen LogP contribution in [0.1, 0.15) is 106 Å². The van der Waals surface area contributed by atoms with Crippen LogP contribution in [0.5, 0.6) is 0 Å². The Labute approximate surface area is 283 Å². The summed E-state index contributed by atoms with van der Waals surface area (Å²) in [7, 11) is 0. The number of nitrogens with zero attached hydrogens (tertiary/aromatic N) is 5. The van der Waals surface area contributed by atoms with E-state index < -0.39 is 11.5 Å². The molecule has 1 saturated carbocycles. The molecule has 1 aliphatic carbocycles. The van der Waals surface area contributed by atoms with E-state index in [2.05, 4.69) is 23.8 Å². The van der Waals surface area contributed by atoms with E-state index in [4.69, 9.17) is 4.74 Å². The van der Waals surface area contributed by atoms with Crippen LogP contribution in [0.25, 0.3) is 5.69 Å². The van der Waals surface area contributed by atoms with Gasteiger partial charge in [0.1, 0.15) is 11.4 Å². The van der Waals surface area contributed by atoms with Crippen LogP contribution in [0.2, 0.25) is 0 Å². The van der Waals surface area contributed by atoms with Gasteiger partial charge >= 0.3 is 6.09 Å². The summed E-state index contributed by atoms with van der Waals surface area (Å²) >= 11 is 0. The molecular formula is C37H52F3N5O3. The minimum absolute atomic E-state index is 0.0163. The molecule has 0 N–H and O–H groups in total. The van der Waals surface area contributed by atoms with Crippen molar-refractivity contribution in [3.05, 3.63) is 47.0 Å². The number of rotatable bonds is 8. The fraction of sp³-hybridized carbons (Fsp3) is 0.703. The first-order chi connectivity index (χ1) is 22.8. The van der Waals surface area contributed by atoms with Crippen LogP contribution in [-0.4, -0.2) is 92.8 Å². The maximum absolute atomic E-state index is 13.8. The quantitative estimate of drug-likeness (QED) is 0.290. The van der Waals surface area contributed by atoms with Gasteiger partial charge < -0.3 is 14.5 Å². The van der Waals surface area contributed by atoms with E-state index in [1.807, 2.05) is 23.6 Å². The van der Waals surface area contributed by atoms with Crippen molar-refractivity contribution in [3.8, 4) is 5.69 Å². The number of piperidine rings is 2. The SMILES string of the molecule is CCCCC1CN(CC2CCC(F)(F)CC2)C(=O)OC12CCN(C1(C)CCN(C(=O)c3c(C)nn(-c4ccc(F)cc4)c3C)CC1)CC2. The zero-order valence-electron chi connectivity index (χ0n) is 29.1. The number of hydrogen-bond donors (Lipinski definition) is 0. The van der Waals surface area contributed by atoms with E-state index in [-0.39, 0.29) is 48.0 Å². The Kier molecular flexibility index (Phi) is 9.91. The minimum Gasteiger partial charge on any atom is -0.442 e. The number of likely N-dealkylation sites (tertiary alicyclic amines) is 2. The molecule has 48 heavy (non-hydrogen) atoms. The van der Waals surface area contributed by atoms with Crippen molar-refractivity contribution in [2.45, 2.75) is 115 Å². The number of amides is 2. The lowest BCUT2D eigenvalue weighted by molar-refractivity contribution is -0.135. The van der Waals surface area contributed by atoms with E-state index in [1.54, 1.807) is 16.8 Å². The lowest BCUT2D eigenvalue weighted by Gasteiger charge is -2.55. The largest absolute Gasteiger partial charge is 0.442 e. The third-order valence-corrected chi connectivity index (χ3v) is 12.0. The molecular weight excluding hydrogens is 619 g/mol. The Morgan fingerprint density at radius 1 is 0.979 bits per heavy atom. The first-order valence-electron chi connectivity index (χ1n) is 18.1. The Morgan fingerprint density at radius 3 is 2.25 bits per heavy atom. The van der Waals surface area contributed by atoms with E-state index in [9.17, 15) is 22.8 Å². The molecule has 0 radical (unpaired) electrons. The van der Waals surface area contributed by atoms with Crippen LogP contribution >= 0.6 is 0 Å². The molecule has 1 atom stereocenters. The average molecular weight is 672 g/mol. The molecule has 4 fully saturated rings. The third kappa shape index (κ3) is 6.98. The molecule has 4 aliphatic rings. The van der Waals surface area contributed by atoms with Crippen LogP contribution < -0.4 is 0 Å². The second-order valence-corrected chi connectivity index (χ2v) is 15.2. The molecule has 0 bridgehead atoms. The molecule has 4 heterocycles. The van der Waals surface area contributed by atoms with Gasteiger partial charge in [-0.05, 0) is 83.1 Å². The summed E-state index contributed by atoms with van der Waals surface area (Å²) in [6.07, 6.45) is 6.86. The number of unbranched alkanes of at least 4 members (excludes halogenated alkanes) is 1. The van der Waals surface area contributed by atoms with Crippen molar-refractivity contribution >= 4 is 12.0 Å². The molecule has 1 unspecified atom stereocenters. The second-order valence-electron chi connectivity index (χ2n) is 15.2. The van der Waals surface area contributed by atoms with Crippen LogP contribution in [0, 0.1) is 31.5 Å². The molecule has 8 nitrogen and oxygen atoms in total. The Balaban J connectivity index is 1.06. The van der Waals surface area contributed by atoms with Gasteiger partial charge in [-0.3, -0.25) is 9.69 Å². The summed E-state index contributed by atoms with van der Waals surface area (Å²) in [6, 6.07) is 6.12. The number of carbonyl (C=O) groups excluding carboxylic acids is 2. The number of carbonyl (C=O) groups is 2. The molecule has 1 aromatic carbocycles. The number of ether oxygens (including phenoxy) is 1. The lowest BCUT2D eigenvalue weighted by atomic mass is 9.74. The number of aromatic nitrogens is 2. The summed E-state index contributed by atoms with van der Waals surface area (Å²) in [5.41, 5.74) is 2.19. The van der Waals surface area contributed by atoms with Gasteiger partial charge in [-0.15, -0.1) is 0 Å². The molecule has 1 spiro atoms. The maximum Gasteiger partial charge on any atom is 0.410 e. The van der Waals surface area contributed by atoms with Crippen LogP contribution in [-0.2, 0) is 4.74 Å². The molecule has 1 aromatic heterocycles. The fourth-order valence-electron chi connectivity index (χ4n) is 8.76.